The maximum atomic E-state index is 12.7. The zero-order chi connectivity index (χ0) is 19.5. The molecule has 2 aromatic heterocycles. The summed E-state index contributed by atoms with van der Waals surface area (Å²) in [6, 6.07) is 5.65. The number of fused-ring (bicyclic) bond motifs is 1. The van der Waals surface area contributed by atoms with Crippen LogP contribution < -0.4 is 14.8 Å². The number of ether oxygens (including phenoxy) is 3. The van der Waals surface area contributed by atoms with Gasteiger partial charge in [-0.25, -0.2) is 9.97 Å². The number of carbonyl (C=O) groups excluding carboxylic acids is 1. The molecule has 8 heteroatoms. The minimum absolute atomic E-state index is 0.119. The van der Waals surface area contributed by atoms with Crippen LogP contribution in [-0.2, 0) is 4.74 Å². The monoisotopic (exact) mass is 382 g/mol. The lowest BCUT2D eigenvalue weighted by atomic mass is 10.1. The Morgan fingerprint density at radius 2 is 2.00 bits per heavy atom. The third-order valence-corrected chi connectivity index (χ3v) is 4.86. The molecule has 0 atom stereocenters. The molecule has 28 heavy (non-hydrogen) atoms. The SMILES string of the molecule is COc1ccc(-c2cnc3[nH]cc(C(=O)NC4CCOCC4)c3n2)cc1OC. The molecule has 1 aliphatic heterocycles. The minimum Gasteiger partial charge on any atom is -0.493 e. The van der Waals surface area contributed by atoms with Gasteiger partial charge in [-0.1, -0.05) is 0 Å². The molecular weight excluding hydrogens is 360 g/mol. The number of nitrogens with zero attached hydrogens (tertiary/aromatic N) is 2. The molecule has 0 saturated carbocycles. The van der Waals surface area contributed by atoms with Crippen molar-refractivity contribution in [1.82, 2.24) is 20.3 Å². The molecule has 1 aliphatic rings. The number of rotatable bonds is 5. The maximum absolute atomic E-state index is 12.7. The van der Waals surface area contributed by atoms with Gasteiger partial charge in [-0.15, -0.1) is 0 Å². The van der Waals surface area contributed by atoms with Crippen molar-refractivity contribution in [2.45, 2.75) is 18.9 Å². The summed E-state index contributed by atoms with van der Waals surface area (Å²) in [4.78, 5) is 24.9. The van der Waals surface area contributed by atoms with Crippen molar-refractivity contribution in [3.8, 4) is 22.8 Å². The van der Waals surface area contributed by atoms with Gasteiger partial charge < -0.3 is 24.5 Å². The van der Waals surface area contributed by atoms with Crippen molar-refractivity contribution < 1.29 is 19.0 Å². The van der Waals surface area contributed by atoms with Gasteiger partial charge in [0.05, 0.1) is 31.7 Å². The Kier molecular flexibility index (Phi) is 5.12. The number of carbonyl (C=O) groups is 1. The van der Waals surface area contributed by atoms with Gasteiger partial charge in [0, 0.05) is 31.0 Å². The summed E-state index contributed by atoms with van der Waals surface area (Å²) in [6.07, 6.45) is 4.95. The smallest absolute Gasteiger partial charge is 0.255 e. The second-order valence-corrected chi connectivity index (χ2v) is 6.58. The number of amides is 1. The number of hydrogen-bond acceptors (Lipinski definition) is 6. The molecule has 4 rings (SSSR count). The third-order valence-electron chi connectivity index (χ3n) is 4.86. The molecule has 2 N–H and O–H groups in total. The van der Waals surface area contributed by atoms with E-state index >= 15 is 0 Å². The van der Waals surface area contributed by atoms with Gasteiger partial charge in [-0.3, -0.25) is 4.79 Å². The third kappa shape index (κ3) is 3.50. The highest BCUT2D eigenvalue weighted by molar-refractivity contribution is 6.04. The normalized spacial score (nSPS) is 14.8. The highest BCUT2D eigenvalue weighted by Gasteiger charge is 2.20. The van der Waals surface area contributed by atoms with E-state index in [2.05, 4.69) is 20.3 Å². The fourth-order valence-corrected chi connectivity index (χ4v) is 3.30. The highest BCUT2D eigenvalue weighted by atomic mass is 16.5. The van der Waals surface area contributed by atoms with Crippen LogP contribution in [0.1, 0.15) is 23.2 Å². The number of hydrogen-bond donors (Lipinski definition) is 2. The summed E-state index contributed by atoms with van der Waals surface area (Å²) in [5.74, 6) is 1.09. The number of aromatic amines is 1. The van der Waals surface area contributed by atoms with E-state index in [0.717, 1.165) is 18.4 Å². The standard InChI is InChI=1S/C20H22N4O4/c1-26-16-4-3-12(9-17(16)27-2)15-11-22-19-18(24-15)14(10-21-19)20(25)23-13-5-7-28-8-6-13/h3-4,9-11,13H,5-8H2,1-2H3,(H,21,22)(H,23,25). The first-order valence-corrected chi connectivity index (χ1v) is 9.14. The molecule has 8 nitrogen and oxygen atoms in total. The van der Waals surface area contributed by atoms with Gasteiger partial charge in [0.1, 0.15) is 5.52 Å². The average Bonchev–Trinajstić information content (AvgIpc) is 3.17. The van der Waals surface area contributed by atoms with Crippen LogP contribution in [0.3, 0.4) is 0 Å². The van der Waals surface area contributed by atoms with Crippen LogP contribution in [0.25, 0.3) is 22.4 Å². The van der Waals surface area contributed by atoms with Crippen molar-refractivity contribution in [1.29, 1.82) is 0 Å². The molecule has 0 aliphatic carbocycles. The molecule has 0 radical (unpaired) electrons. The van der Waals surface area contributed by atoms with Crippen molar-refractivity contribution in [3.63, 3.8) is 0 Å². The molecule has 0 unspecified atom stereocenters. The van der Waals surface area contributed by atoms with Crippen LogP contribution in [0.4, 0.5) is 0 Å². The molecule has 0 spiro atoms. The molecule has 1 amide bonds. The summed E-state index contributed by atoms with van der Waals surface area (Å²) in [6.45, 7) is 1.34. The summed E-state index contributed by atoms with van der Waals surface area (Å²) in [5, 5.41) is 3.06. The number of benzene rings is 1. The van der Waals surface area contributed by atoms with Crippen LogP contribution in [0.15, 0.2) is 30.6 Å². The summed E-state index contributed by atoms with van der Waals surface area (Å²) >= 11 is 0. The second kappa shape index (κ2) is 7.85. The Morgan fingerprint density at radius 1 is 1.21 bits per heavy atom. The number of methoxy groups -OCH3 is 2. The van der Waals surface area contributed by atoms with E-state index in [1.807, 2.05) is 18.2 Å². The van der Waals surface area contributed by atoms with E-state index in [0.29, 0.717) is 47.1 Å². The molecule has 3 heterocycles. The van der Waals surface area contributed by atoms with E-state index in [-0.39, 0.29) is 11.9 Å². The summed E-state index contributed by atoms with van der Waals surface area (Å²) in [5.41, 5.74) is 3.06. The van der Waals surface area contributed by atoms with E-state index in [1.165, 1.54) is 0 Å². The lowest BCUT2D eigenvalue weighted by Gasteiger charge is -2.22. The van der Waals surface area contributed by atoms with Crippen molar-refractivity contribution in [2.24, 2.45) is 0 Å². The zero-order valence-corrected chi connectivity index (χ0v) is 15.8. The Balaban J connectivity index is 1.65. The lowest BCUT2D eigenvalue weighted by Crippen LogP contribution is -2.38. The van der Waals surface area contributed by atoms with Crippen LogP contribution in [0.5, 0.6) is 11.5 Å². The van der Waals surface area contributed by atoms with Gasteiger partial charge in [0.2, 0.25) is 0 Å². The summed E-state index contributed by atoms with van der Waals surface area (Å²) < 4.78 is 16.0. The Morgan fingerprint density at radius 3 is 2.75 bits per heavy atom. The Hall–Kier alpha value is -3.13. The fraction of sp³-hybridized carbons (Fsp3) is 0.350. The van der Waals surface area contributed by atoms with Crippen LogP contribution in [0, 0.1) is 0 Å². The predicted molar refractivity (Wildman–Crippen MR) is 104 cm³/mol. The van der Waals surface area contributed by atoms with Crippen molar-refractivity contribution >= 4 is 17.1 Å². The van der Waals surface area contributed by atoms with E-state index in [4.69, 9.17) is 14.2 Å². The molecule has 1 fully saturated rings. The molecule has 146 valence electrons. The van der Waals surface area contributed by atoms with E-state index in [1.54, 1.807) is 26.6 Å². The zero-order valence-electron chi connectivity index (χ0n) is 15.8. The van der Waals surface area contributed by atoms with Gasteiger partial charge in [0.15, 0.2) is 17.1 Å². The second-order valence-electron chi connectivity index (χ2n) is 6.58. The highest BCUT2D eigenvalue weighted by Crippen LogP contribution is 2.32. The first-order chi connectivity index (χ1) is 13.7. The van der Waals surface area contributed by atoms with Gasteiger partial charge >= 0.3 is 0 Å². The largest absolute Gasteiger partial charge is 0.493 e. The number of H-pyrrole nitrogens is 1. The van der Waals surface area contributed by atoms with Crippen LogP contribution in [0.2, 0.25) is 0 Å². The first-order valence-electron chi connectivity index (χ1n) is 9.14. The fourth-order valence-electron chi connectivity index (χ4n) is 3.30. The van der Waals surface area contributed by atoms with E-state index in [9.17, 15) is 4.79 Å². The average molecular weight is 382 g/mol. The molecular formula is C20H22N4O4. The minimum atomic E-state index is -0.156. The topological polar surface area (TPSA) is 98.4 Å². The quantitative estimate of drug-likeness (QED) is 0.704. The Labute approximate surface area is 162 Å². The maximum Gasteiger partial charge on any atom is 0.255 e. The lowest BCUT2D eigenvalue weighted by molar-refractivity contribution is 0.0697. The predicted octanol–water partition coefficient (Wildman–Crippen LogP) is 2.55. The van der Waals surface area contributed by atoms with Gasteiger partial charge in [0.25, 0.3) is 5.91 Å². The number of nitrogens with one attached hydrogen (secondary N) is 2. The van der Waals surface area contributed by atoms with Crippen molar-refractivity contribution in [3.05, 3.63) is 36.2 Å². The Bertz CT molecular complexity index is 995. The summed E-state index contributed by atoms with van der Waals surface area (Å²) in [7, 11) is 3.17. The van der Waals surface area contributed by atoms with E-state index < -0.39 is 0 Å². The molecule has 0 bridgehead atoms. The van der Waals surface area contributed by atoms with Crippen molar-refractivity contribution in [2.75, 3.05) is 27.4 Å². The molecule has 1 saturated heterocycles. The van der Waals surface area contributed by atoms with Gasteiger partial charge in [-0.2, -0.15) is 0 Å². The van der Waals surface area contributed by atoms with Crippen LogP contribution >= 0.6 is 0 Å². The molecule has 3 aromatic rings. The van der Waals surface area contributed by atoms with Crippen LogP contribution in [-0.4, -0.2) is 54.3 Å². The van der Waals surface area contributed by atoms with Gasteiger partial charge in [-0.05, 0) is 31.0 Å². The number of aromatic nitrogens is 3. The first kappa shape index (κ1) is 18.2. The molecule has 1 aromatic carbocycles.